The van der Waals surface area contributed by atoms with Gasteiger partial charge in [0.25, 0.3) is 5.56 Å². The number of phosphoric acid groups is 2. The predicted molar refractivity (Wildman–Crippen MR) is 283 cm³/mol. The van der Waals surface area contributed by atoms with Gasteiger partial charge in [0.05, 0.1) is 39.1 Å². The fraction of sp³-hybridized carbons (Fsp3) is 0.561. The van der Waals surface area contributed by atoms with Crippen LogP contribution >= 0.6 is 22.4 Å². The fourth-order valence-electron chi connectivity index (χ4n) is 9.89. The number of ether oxygens (including phenoxy) is 7. The number of anilines is 4. The van der Waals surface area contributed by atoms with Crippen LogP contribution in [-0.4, -0.2) is 204 Å². The predicted octanol–water partition coefficient (Wildman–Crippen LogP) is -3.25. The Kier molecular flexibility index (Phi) is 18.1. The Hall–Kier alpha value is -5.82. The number of aromatic amines is 1. The zero-order valence-corrected chi connectivity index (χ0v) is 47.5. The number of hydrogen-bond donors (Lipinski definition) is 10. The summed E-state index contributed by atoms with van der Waals surface area (Å²) in [5, 5.41) is 21.5. The maximum absolute atomic E-state index is 16.8. The van der Waals surface area contributed by atoms with Gasteiger partial charge in [0.1, 0.15) is 90.6 Å². The first-order valence-corrected chi connectivity index (χ1v) is 30.4. The molecule has 39 nitrogen and oxygen atoms in total. The van der Waals surface area contributed by atoms with Crippen molar-refractivity contribution in [2.24, 2.45) is 0 Å². The molecule has 19 atom stereocenters. The van der Waals surface area contributed by atoms with Crippen molar-refractivity contribution in [1.29, 1.82) is 0 Å². The van der Waals surface area contributed by atoms with E-state index >= 15 is 4.39 Å². The normalized spacial score (nSPS) is 31.8. The minimum absolute atomic E-state index is 0.0371. The summed E-state index contributed by atoms with van der Waals surface area (Å²) in [4.78, 5) is 102. The molecule has 0 amide bonds. The first-order chi connectivity index (χ1) is 40.3. The molecule has 6 aromatic rings. The average Bonchev–Trinajstić information content (AvgIpc) is 1.95. The van der Waals surface area contributed by atoms with Crippen molar-refractivity contribution < 1.29 is 98.7 Å². The molecule has 0 radical (unpaired) electrons. The first-order valence-electron chi connectivity index (χ1n) is 24.8. The Morgan fingerprint density at radius 3 is 1.71 bits per heavy atom. The van der Waals surface area contributed by atoms with Crippen LogP contribution in [-0.2, 0) is 81.2 Å². The zero-order chi connectivity index (χ0) is 61.0. The van der Waals surface area contributed by atoms with Gasteiger partial charge in [-0.2, -0.15) is 15.0 Å². The summed E-state index contributed by atoms with van der Waals surface area (Å²) in [5.41, 5.74) is 20.3. The summed E-state index contributed by atoms with van der Waals surface area (Å²) in [5.74, 6) is -0.701. The van der Waals surface area contributed by atoms with E-state index in [4.69, 9.17) is 95.0 Å². The van der Waals surface area contributed by atoms with Crippen molar-refractivity contribution in [2.75, 3.05) is 70.7 Å². The number of halogens is 1. The third-order valence-corrected chi connectivity index (χ3v) is 17.3. The van der Waals surface area contributed by atoms with Gasteiger partial charge in [0.2, 0.25) is 5.95 Å². The highest BCUT2D eigenvalue weighted by atomic mass is 32.5. The summed E-state index contributed by atoms with van der Waals surface area (Å²) in [6, 6.07) is 2.40. The molecule has 10 rings (SSSR count). The van der Waals surface area contributed by atoms with Gasteiger partial charge in [0, 0.05) is 33.7 Å². The van der Waals surface area contributed by atoms with Gasteiger partial charge in [-0.25, -0.2) is 43.0 Å². The van der Waals surface area contributed by atoms with Crippen LogP contribution in [0.5, 0.6) is 0 Å². The number of alkyl halides is 1. The summed E-state index contributed by atoms with van der Waals surface area (Å²) < 4.78 is 123. The van der Waals surface area contributed by atoms with E-state index in [0.717, 1.165) is 36.6 Å². The number of imidazole rings is 2. The van der Waals surface area contributed by atoms with Crippen molar-refractivity contribution in [3.05, 3.63) is 74.8 Å². The Morgan fingerprint density at radius 1 is 0.624 bits per heavy atom. The SMILES string of the molecule is CO[C@@H]1[C@H](O)[C@@H](COP(O)(=S)O[C@H]2[C@@H](OC)[C@H](n3cnc4c(N)ncnc43)O[C@@H]2COP(=O)(O)O[C@H]2[C@@H](F)[C@H](n3ccc(N)nc3=O)O[C@@H]2COP(=O)(O)O[C@H]2[C@@H](OC)[C@H](n3cnc4c(=O)[nH]c(N)nc43)O[C@@H]2CO)O[C@H]1n1ccc(N)nc1=O. The Morgan fingerprint density at radius 2 is 1.12 bits per heavy atom. The van der Waals surface area contributed by atoms with Crippen LogP contribution in [0, 0.1) is 0 Å². The van der Waals surface area contributed by atoms with Gasteiger partial charge in [-0.1, -0.05) is 0 Å². The van der Waals surface area contributed by atoms with Gasteiger partial charge < -0.3 is 85.5 Å². The smallest absolute Gasteiger partial charge is 0.394 e. The molecule has 4 fully saturated rings. The summed E-state index contributed by atoms with van der Waals surface area (Å²) in [6.07, 6.45) is -20.3. The molecule has 464 valence electrons. The number of aliphatic hydroxyl groups is 2. The highest BCUT2D eigenvalue weighted by Crippen LogP contribution is 2.55. The van der Waals surface area contributed by atoms with Crippen LogP contribution in [0.1, 0.15) is 24.9 Å². The highest BCUT2D eigenvalue weighted by Gasteiger charge is 2.56. The molecule has 6 aromatic heterocycles. The van der Waals surface area contributed by atoms with E-state index in [2.05, 4.69) is 39.9 Å². The number of hydrogen-bond acceptors (Lipinski definition) is 32. The van der Waals surface area contributed by atoms with Gasteiger partial charge in [-0.15, -0.1) is 0 Å². The molecule has 10 heterocycles. The summed E-state index contributed by atoms with van der Waals surface area (Å²) >= 11 is 5.41. The Balaban J connectivity index is 0.871. The molecule has 14 N–H and O–H groups in total. The maximum Gasteiger partial charge on any atom is 0.472 e. The highest BCUT2D eigenvalue weighted by molar-refractivity contribution is 8.07. The quantitative estimate of drug-likeness (QED) is 0.0282. The lowest BCUT2D eigenvalue weighted by molar-refractivity contribution is -0.0653. The average molecular weight is 1280 g/mol. The number of nitrogens with zero attached hydrogens (tertiary/aromatic N) is 11. The molecule has 4 saturated heterocycles. The first kappa shape index (κ1) is 62.2. The van der Waals surface area contributed by atoms with Gasteiger partial charge >= 0.3 is 33.7 Å². The van der Waals surface area contributed by atoms with Crippen LogP contribution in [0.15, 0.2) is 57.9 Å². The Bertz CT molecular complexity index is 3760. The lowest BCUT2D eigenvalue weighted by Crippen LogP contribution is -2.38. The van der Waals surface area contributed by atoms with Crippen LogP contribution in [0.25, 0.3) is 22.3 Å². The minimum atomic E-state index is -5.69. The topological polar surface area (TPSA) is 536 Å². The lowest BCUT2D eigenvalue weighted by atomic mass is 10.1. The molecule has 4 aliphatic heterocycles. The van der Waals surface area contributed by atoms with E-state index in [1.165, 1.54) is 41.9 Å². The van der Waals surface area contributed by atoms with Crippen LogP contribution in [0.3, 0.4) is 0 Å². The molecule has 3 unspecified atom stereocenters. The fourth-order valence-corrected chi connectivity index (χ4v) is 13.2. The third kappa shape index (κ3) is 12.7. The van der Waals surface area contributed by atoms with Crippen LogP contribution < -0.4 is 39.9 Å². The molecule has 0 aliphatic carbocycles. The number of fused-ring (bicyclic) bond motifs is 2. The number of aliphatic hydroxyl groups excluding tert-OH is 2. The van der Waals surface area contributed by atoms with Crippen molar-refractivity contribution in [3.8, 4) is 0 Å². The van der Waals surface area contributed by atoms with Gasteiger partial charge in [-0.05, 0) is 23.9 Å². The number of H-pyrrole nitrogens is 1. The molecule has 44 heteroatoms. The standard InChI is InChI=1S/C41H54FN16O23P3S/c1-69-28-24(60)16(76-36(28)56-7-5-20(44)52-41(56)63)9-74-84(68,85)81-27-18(78-37(30(27)71-3)57-13-49-22-31(45)47-12-48-32(22)57)11-73-82(64,65)79-25-17(77-35(21(25)42)55-6-4-19(43)51-40(55)62)10-72-83(66,67)80-26-15(8-59)75-38(29(26)70-2)58-14-50-23-33(58)53-39(46)54-34(23)61/h4-7,12-18,21,24-30,35-38,59-60H,8-11H2,1-3H3,(H,64,65)(H,66,67)(H,68,85)(H2,43,51,62)(H2,44,52,63)(H2,45,47,48)(H3,46,53,54,61)/t15-,16-,17-,18-,21-,24-,25-,26-,27-,28-,29-,30-,35-,36-,37-,38-,84?/m1/s1. The number of rotatable bonds is 23. The third-order valence-electron chi connectivity index (χ3n) is 13.8. The van der Waals surface area contributed by atoms with Crippen molar-refractivity contribution >= 4 is 79.9 Å². The lowest BCUT2D eigenvalue weighted by Gasteiger charge is -2.28. The van der Waals surface area contributed by atoms with Crippen molar-refractivity contribution in [2.45, 2.75) is 98.2 Å². The minimum Gasteiger partial charge on any atom is -0.394 e. The summed E-state index contributed by atoms with van der Waals surface area (Å²) in [6.45, 7) is -8.39. The zero-order valence-electron chi connectivity index (χ0n) is 44.0. The molecule has 0 bridgehead atoms. The van der Waals surface area contributed by atoms with E-state index in [9.17, 15) is 48.4 Å². The summed E-state index contributed by atoms with van der Waals surface area (Å²) in [7, 11) is -7.54. The number of nitrogens with one attached hydrogen (secondary N) is 1. The monoisotopic (exact) mass is 1280 g/mol. The number of nitrogen functional groups attached to an aromatic ring is 4. The second-order valence-corrected chi connectivity index (χ2v) is 24.5. The number of nitrogens with two attached hydrogens (primary N) is 4. The van der Waals surface area contributed by atoms with Crippen LogP contribution in [0.4, 0.5) is 27.8 Å². The van der Waals surface area contributed by atoms with E-state index < -0.39 is 164 Å². The molecule has 0 saturated carbocycles. The van der Waals surface area contributed by atoms with Crippen molar-refractivity contribution in [1.82, 2.24) is 58.1 Å². The molecular formula is C41H54FN16O23P3S. The van der Waals surface area contributed by atoms with Crippen molar-refractivity contribution in [3.63, 3.8) is 0 Å². The van der Waals surface area contributed by atoms with Crippen LogP contribution in [0.2, 0.25) is 0 Å². The number of aromatic nitrogens is 12. The van der Waals surface area contributed by atoms with E-state index in [1.54, 1.807) is 0 Å². The molecule has 0 spiro atoms. The number of methoxy groups -OCH3 is 3. The Labute approximate surface area is 479 Å². The molecular weight excluding hydrogens is 1230 g/mol. The second-order valence-electron chi connectivity index (χ2n) is 18.9. The van der Waals surface area contributed by atoms with Gasteiger partial charge in [-0.3, -0.25) is 50.7 Å². The maximum atomic E-state index is 16.8. The molecule has 85 heavy (non-hydrogen) atoms. The molecule has 0 aromatic carbocycles. The number of phosphoric ester groups is 2. The second kappa shape index (κ2) is 24.7. The van der Waals surface area contributed by atoms with Gasteiger partial charge in [0.15, 0.2) is 53.7 Å². The molecule has 4 aliphatic rings. The van der Waals surface area contributed by atoms with E-state index in [0.29, 0.717) is 4.57 Å². The largest absolute Gasteiger partial charge is 0.472 e. The van der Waals surface area contributed by atoms with E-state index in [-0.39, 0.29) is 45.7 Å². The van der Waals surface area contributed by atoms with E-state index in [1.807, 2.05) is 0 Å².